The molecule has 11 heavy (non-hydrogen) atoms. The third-order valence-corrected chi connectivity index (χ3v) is 1.80. The van der Waals surface area contributed by atoms with Gasteiger partial charge in [-0.05, 0) is 6.92 Å². The molecule has 1 N–H and O–H groups in total. The molecule has 1 aromatic carbocycles. The predicted molar refractivity (Wildman–Crippen MR) is 47.0 cm³/mol. The summed E-state index contributed by atoms with van der Waals surface area (Å²) in [5, 5.41) is 0. The van der Waals surface area contributed by atoms with Gasteiger partial charge in [0.15, 0.2) is 0 Å². The summed E-state index contributed by atoms with van der Waals surface area (Å²) in [6.07, 6.45) is 0. The fourth-order valence-electron chi connectivity index (χ4n) is 1.01. The normalized spacial score (nSPS) is 12.9. The number of nitrogens with one attached hydrogen (secondary N) is 1. The van der Waals surface area contributed by atoms with E-state index >= 15 is 0 Å². The van der Waals surface area contributed by atoms with Gasteiger partial charge in [-0.15, -0.1) is 0 Å². The summed E-state index contributed by atoms with van der Waals surface area (Å²) in [7, 11) is 3.97. The molecule has 1 aromatic rings. The number of hydrogen-bond donors (Lipinski definition) is 1. The van der Waals surface area contributed by atoms with Crippen LogP contribution in [0.2, 0.25) is 0 Å². The monoisotopic (exact) mass is 149 g/mol. The Morgan fingerprint density at radius 1 is 1.27 bits per heavy atom. The zero-order valence-electron chi connectivity index (χ0n) is 7.01. The van der Waals surface area contributed by atoms with E-state index in [2.05, 4.69) is 38.2 Å². The first kappa shape index (κ1) is 8.28. The summed E-state index contributed by atoms with van der Waals surface area (Å²) in [6.45, 7) is 4.25. The quantitative estimate of drug-likeness (QED) is 0.609. The van der Waals surface area contributed by atoms with E-state index < -0.39 is 0 Å². The molecule has 0 amide bonds. The predicted octanol–water partition coefficient (Wildman–Crippen LogP) is 0.883. The molecule has 0 heterocycles. The molecule has 0 saturated carbocycles. The Kier molecular flexibility index (Phi) is 3.12. The Labute approximate surface area is 68.7 Å². The van der Waals surface area contributed by atoms with Gasteiger partial charge in [-0.3, -0.25) is 0 Å². The van der Waals surface area contributed by atoms with Crippen LogP contribution < -0.4 is 4.90 Å². The zero-order chi connectivity index (χ0) is 8.10. The lowest BCUT2D eigenvalue weighted by atomic mass is 10.2. The van der Waals surface area contributed by atoms with Crippen LogP contribution in [0.4, 0.5) is 0 Å². The minimum Gasteiger partial charge on any atom is -0.464 e. The van der Waals surface area contributed by atoms with E-state index in [1.807, 2.05) is 6.07 Å². The molecule has 0 saturated heterocycles. The van der Waals surface area contributed by atoms with E-state index in [-0.39, 0.29) is 0 Å². The Morgan fingerprint density at radius 2 is 1.91 bits per heavy atom. The summed E-state index contributed by atoms with van der Waals surface area (Å²) in [4.78, 5) is 1.30. The molecule has 0 fully saturated rings. The van der Waals surface area contributed by atoms with Crippen LogP contribution in [0.15, 0.2) is 30.3 Å². The molecule has 1 unspecified atom stereocenters. The van der Waals surface area contributed by atoms with E-state index in [1.54, 1.807) is 0 Å². The zero-order valence-corrected chi connectivity index (χ0v) is 7.01. The van der Waals surface area contributed by atoms with Crippen molar-refractivity contribution in [3.8, 4) is 0 Å². The minimum absolute atomic E-state index is 1.03. The van der Waals surface area contributed by atoms with Crippen molar-refractivity contribution in [1.82, 2.24) is 0 Å². The van der Waals surface area contributed by atoms with Crippen molar-refractivity contribution < 1.29 is 4.90 Å². The molecule has 0 radical (unpaired) electrons. The van der Waals surface area contributed by atoms with Gasteiger partial charge in [-0.1, -0.05) is 30.3 Å². The molecule has 0 aliphatic carbocycles. The highest BCUT2D eigenvalue weighted by Gasteiger charge is 1.93. The first-order valence-electron chi connectivity index (χ1n) is 4.03. The Balaban J connectivity index is 2.51. The van der Waals surface area contributed by atoms with Crippen molar-refractivity contribution in [1.29, 1.82) is 0 Å². The smallest absolute Gasteiger partial charge is 0.0787 e. The largest absolute Gasteiger partial charge is 0.464 e. The Bertz CT molecular complexity index is 193. The summed E-state index contributed by atoms with van der Waals surface area (Å²) in [6, 6.07) is 10.5. The van der Waals surface area contributed by atoms with Crippen molar-refractivity contribution in [3.05, 3.63) is 42.9 Å². The van der Waals surface area contributed by atoms with Gasteiger partial charge < -0.3 is 4.90 Å². The maximum Gasteiger partial charge on any atom is 0.0787 e. The lowest BCUT2D eigenvalue weighted by Gasteiger charge is -2.18. The van der Waals surface area contributed by atoms with E-state index in [0.29, 0.717) is 0 Å². The van der Waals surface area contributed by atoms with Gasteiger partial charge in [0.05, 0.1) is 13.1 Å². The summed E-state index contributed by atoms with van der Waals surface area (Å²) < 4.78 is 0. The second kappa shape index (κ2) is 4.14. The number of benzene rings is 1. The highest BCUT2D eigenvalue weighted by Crippen LogP contribution is 1.94. The Morgan fingerprint density at radius 3 is 2.45 bits per heavy atom. The molecule has 1 heteroatoms. The lowest BCUT2D eigenvalue weighted by molar-refractivity contribution is -0.866. The van der Waals surface area contributed by atoms with E-state index in [1.165, 1.54) is 10.5 Å². The lowest BCUT2D eigenvalue weighted by Crippen LogP contribution is -3.05. The van der Waals surface area contributed by atoms with E-state index in [0.717, 1.165) is 13.1 Å². The van der Waals surface area contributed by atoms with Gasteiger partial charge in [0.2, 0.25) is 0 Å². The highest BCUT2D eigenvalue weighted by atomic mass is 15.1. The standard InChI is InChI=1S/C10H15N/c1-3-11(2)9-10-7-5-4-6-8-10/h4-8,11H,2-3,9H2,1H3. The molecule has 1 atom stereocenters. The molecular formula is C10H15N. The van der Waals surface area contributed by atoms with Crippen molar-refractivity contribution in [2.45, 2.75) is 13.5 Å². The van der Waals surface area contributed by atoms with Gasteiger partial charge in [-0.2, -0.15) is 7.05 Å². The fraction of sp³-hybridized carbons (Fsp3) is 0.300. The maximum atomic E-state index is 3.97. The summed E-state index contributed by atoms with van der Waals surface area (Å²) >= 11 is 0. The Hall–Kier alpha value is -0.820. The summed E-state index contributed by atoms with van der Waals surface area (Å²) in [5.74, 6) is 0. The maximum absolute atomic E-state index is 3.97. The van der Waals surface area contributed by atoms with Crippen LogP contribution >= 0.6 is 0 Å². The SMILES string of the molecule is [CH2-][NH+](CC)Cc1ccccc1. The third-order valence-electron chi connectivity index (χ3n) is 1.80. The number of quaternary nitrogens is 1. The second-order valence-corrected chi connectivity index (χ2v) is 2.77. The fourth-order valence-corrected chi connectivity index (χ4v) is 1.01. The summed E-state index contributed by atoms with van der Waals surface area (Å²) in [5.41, 5.74) is 1.36. The van der Waals surface area contributed by atoms with Gasteiger partial charge in [0.25, 0.3) is 0 Å². The number of hydrogen-bond acceptors (Lipinski definition) is 0. The first-order chi connectivity index (χ1) is 5.33. The van der Waals surface area contributed by atoms with Crippen LogP contribution in [0.5, 0.6) is 0 Å². The molecule has 0 aromatic heterocycles. The molecule has 60 valence electrons. The average Bonchev–Trinajstić information content (AvgIpc) is 2.06. The van der Waals surface area contributed by atoms with Gasteiger partial charge in [-0.25, -0.2) is 0 Å². The molecular weight excluding hydrogens is 134 g/mol. The van der Waals surface area contributed by atoms with Crippen molar-refractivity contribution in [2.75, 3.05) is 6.54 Å². The molecule has 1 nitrogen and oxygen atoms in total. The van der Waals surface area contributed by atoms with Crippen LogP contribution in [-0.4, -0.2) is 6.54 Å². The van der Waals surface area contributed by atoms with E-state index in [9.17, 15) is 0 Å². The third kappa shape index (κ3) is 2.72. The second-order valence-electron chi connectivity index (χ2n) is 2.77. The molecule has 0 aliphatic heterocycles. The molecule has 0 bridgehead atoms. The number of rotatable bonds is 3. The van der Waals surface area contributed by atoms with Crippen LogP contribution in [-0.2, 0) is 6.54 Å². The first-order valence-corrected chi connectivity index (χ1v) is 4.03. The van der Waals surface area contributed by atoms with Crippen LogP contribution in [0.25, 0.3) is 0 Å². The van der Waals surface area contributed by atoms with Crippen LogP contribution in [0, 0.1) is 7.05 Å². The van der Waals surface area contributed by atoms with E-state index in [4.69, 9.17) is 0 Å². The van der Waals surface area contributed by atoms with Crippen molar-refractivity contribution in [2.24, 2.45) is 0 Å². The topological polar surface area (TPSA) is 4.44 Å². The van der Waals surface area contributed by atoms with Crippen LogP contribution in [0.3, 0.4) is 0 Å². The average molecular weight is 149 g/mol. The molecule has 1 rings (SSSR count). The van der Waals surface area contributed by atoms with Crippen molar-refractivity contribution in [3.63, 3.8) is 0 Å². The highest BCUT2D eigenvalue weighted by molar-refractivity contribution is 5.13. The minimum atomic E-state index is 1.03. The van der Waals surface area contributed by atoms with Gasteiger partial charge in [0.1, 0.15) is 0 Å². The molecule has 0 spiro atoms. The molecule has 0 aliphatic rings. The van der Waals surface area contributed by atoms with Crippen molar-refractivity contribution >= 4 is 0 Å². The van der Waals surface area contributed by atoms with Crippen LogP contribution in [0.1, 0.15) is 12.5 Å². The van der Waals surface area contributed by atoms with Gasteiger partial charge >= 0.3 is 0 Å². The van der Waals surface area contributed by atoms with Gasteiger partial charge in [0, 0.05) is 5.56 Å².